The Balaban J connectivity index is 0.00000192. The van der Waals surface area contributed by atoms with Crippen LogP contribution in [0, 0.1) is 0 Å². The topological polar surface area (TPSA) is 61.3 Å². The van der Waals surface area contributed by atoms with E-state index < -0.39 is 11.9 Å². The average Bonchev–Trinajstić information content (AvgIpc) is 3.04. The van der Waals surface area contributed by atoms with Crippen molar-refractivity contribution >= 4 is 0 Å². The van der Waals surface area contributed by atoms with Gasteiger partial charge in [-0.15, -0.1) is 6.61 Å². The average molecular weight is 355 g/mol. The van der Waals surface area contributed by atoms with E-state index in [1.807, 2.05) is 0 Å². The van der Waals surface area contributed by atoms with Gasteiger partial charge in [-0.3, -0.25) is 4.90 Å². The summed E-state index contributed by atoms with van der Waals surface area (Å²) in [4.78, 5) is 9.10. The van der Waals surface area contributed by atoms with Crippen LogP contribution >= 0.6 is 0 Å². The molecule has 2 atom stereocenters. The first-order valence-electron chi connectivity index (χ1n) is 7.31. The van der Waals surface area contributed by atoms with Crippen LogP contribution in [-0.4, -0.2) is 46.2 Å². The first-order valence-corrected chi connectivity index (χ1v) is 7.31. The zero-order chi connectivity index (χ0) is 15.8. The van der Waals surface area contributed by atoms with Gasteiger partial charge in [0.15, 0.2) is 5.69 Å². The second-order valence-corrected chi connectivity index (χ2v) is 5.91. The van der Waals surface area contributed by atoms with Crippen LogP contribution in [0.25, 0.3) is 0 Å². The van der Waals surface area contributed by atoms with Gasteiger partial charge in [0.2, 0.25) is 5.88 Å². The molecule has 1 aromatic heterocycles. The predicted molar refractivity (Wildman–Crippen MR) is 69.1 cm³/mol. The minimum absolute atomic E-state index is 0. The molecule has 2 aliphatic rings. The first-order chi connectivity index (χ1) is 10.4. The summed E-state index contributed by atoms with van der Waals surface area (Å²) in [6.45, 7) is 0.971. The normalized spacial score (nSPS) is 27.6. The summed E-state index contributed by atoms with van der Waals surface area (Å²) in [5.41, 5.74) is -1.28. The van der Waals surface area contributed by atoms with Crippen molar-refractivity contribution in [3.63, 3.8) is 0 Å². The van der Waals surface area contributed by atoms with Crippen LogP contribution in [0.5, 0.6) is 5.88 Å². The second kappa shape index (κ2) is 7.63. The minimum Gasteiger partial charge on any atom is -0.853 e. The van der Waals surface area contributed by atoms with Crippen LogP contribution < -0.4 is 61.2 Å². The Hall–Kier alpha value is 0.226. The molecule has 2 unspecified atom stereocenters. The molecule has 2 fully saturated rings. The molecule has 3 rings (SSSR count). The molecular formula is C14H17F3KN3O2. The second-order valence-electron chi connectivity index (χ2n) is 5.91. The summed E-state index contributed by atoms with van der Waals surface area (Å²) in [6, 6.07) is 0.875. The molecule has 0 amide bonds. The Morgan fingerprint density at radius 2 is 2.13 bits per heavy atom. The predicted octanol–water partition coefficient (Wildman–Crippen LogP) is -1.76. The van der Waals surface area contributed by atoms with Crippen molar-refractivity contribution in [2.75, 3.05) is 19.8 Å². The number of halogens is 3. The number of nitrogens with zero attached hydrogens (tertiary/aromatic N) is 3. The van der Waals surface area contributed by atoms with Gasteiger partial charge in [-0.25, -0.2) is 9.97 Å². The number of ether oxygens (including phenoxy) is 1. The summed E-state index contributed by atoms with van der Waals surface area (Å²) >= 11 is 0. The van der Waals surface area contributed by atoms with Crippen LogP contribution in [0.3, 0.4) is 0 Å². The third-order valence-corrected chi connectivity index (χ3v) is 4.66. The molecule has 122 valence electrons. The van der Waals surface area contributed by atoms with E-state index in [0.717, 1.165) is 44.6 Å². The van der Waals surface area contributed by atoms with Gasteiger partial charge < -0.3 is 9.84 Å². The van der Waals surface area contributed by atoms with Crippen molar-refractivity contribution in [2.45, 2.75) is 43.4 Å². The van der Waals surface area contributed by atoms with Gasteiger partial charge in [0.1, 0.15) is 12.9 Å². The number of fused-ring (bicyclic) bond motifs is 1. The molecule has 2 aliphatic heterocycles. The van der Waals surface area contributed by atoms with E-state index in [0.29, 0.717) is 0 Å². The zero-order valence-electron chi connectivity index (χ0n) is 13.0. The van der Waals surface area contributed by atoms with Crippen molar-refractivity contribution in [1.29, 1.82) is 0 Å². The fourth-order valence-corrected chi connectivity index (χ4v) is 3.54. The maximum Gasteiger partial charge on any atom is 1.00 e. The minimum atomic E-state index is -4.51. The molecule has 0 radical (unpaired) electrons. The smallest absolute Gasteiger partial charge is 0.853 e. The SMILES string of the molecule is [K+].[O-]CC12CCCN1C(COc1cc(C(F)(F)F)ncn1)CC2. The van der Waals surface area contributed by atoms with Crippen molar-refractivity contribution in [1.82, 2.24) is 14.9 Å². The van der Waals surface area contributed by atoms with Gasteiger partial charge in [0.05, 0.1) is 0 Å². The molecule has 5 nitrogen and oxygen atoms in total. The fourth-order valence-electron chi connectivity index (χ4n) is 3.54. The molecule has 3 heterocycles. The maximum atomic E-state index is 12.6. The number of hydrogen-bond acceptors (Lipinski definition) is 5. The monoisotopic (exact) mass is 355 g/mol. The van der Waals surface area contributed by atoms with Crippen LogP contribution in [0.15, 0.2) is 12.4 Å². The summed E-state index contributed by atoms with van der Waals surface area (Å²) in [7, 11) is 0. The van der Waals surface area contributed by atoms with Gasteiger partial charge in [-0.05, 0) is 32.2 Å². The molecule has 1 aromatic rings. The van der Waals surface area contributed by atoms with Crippen LogP contribution in [0.2, 0.25) is 0 Å². The summed E-state index contributed by atoms with van der Waals surface area (Å²) in [6.07, 6.45) is -0.101. The molecule has 0 N–H and O–H groups in total. The zero-order valence-corrected chi connectivity index (χ0v) is 16.1. The Morgan fingerprint density at radius 1 is 1.35 bits per heavy atom. The Morgan fingerprint density at radius 3 is 2.83 bits per heavy atom. The van der Waals surface area contributed by atoms with Gasteiger partial charge in [-0.2, -0.15) is 13.2 Å². The van der Waals surface area contributed by atoms with Gasteiger partial charge in [0, 0.05) is 17.6 Å². The number of alkyl halides is 3. The van der Waals surface area contributed by atoms with Gasteiger partial charge in [0.25, 0.3) is 0 Å². The van der Waals surface area contributed by atoms with E-state index in [2.05, 4.69) is 14.9 Å². The summed E-state index contributed by atoms with van der Waals surface area (Å²) in [5.74, 6) is -0.0823. The largest absolute Gasteiger partial charge is 1.00 e. The summed E-state index contributed by atoms with van der Waals surface area (Å²) < 4.78 is 43.2. The van der Waals surface area contributed by atoms with E-state index in [1.165, 1.54) is 0 Å². The molecule has 2 saturated heterocycles. The first kappa shape index (κ1) is 19.5. The standard InChI is InChI=1S/C14H17F3N3O2.K/c15-14(16,17)11-6-12(19-9-18-11)22-7-10-2-4-13(8-21)3-1-5-20(10)13;/h6,9-10H,1-5,7-8H2;/q-1;+1. The Bertz CT molecular complexity index is 546. The molecule has 0 saturated carbocycles. The van der Waals surface area contributed by atoms with E-state index in [4.69, 9.17) is 4.74 Å². The van der Waals surface area contributed by atoms with E-state index in [-0.39, 0.29) is 82.1 Å². The third kappa shape index (κ3) is 4.08. The number of aromatic nitrogens is 2. The number of rotatable bonds is 4. The van der Waals surface area contributed by atoms with Crippen molar-refractivity contribution in [2.24, 2.45) is 0 Å². The molecule has 0 spiro atoms. The Labute approximate surface area is 175 Å². The molecule has 9 heteroatoms. The maximum absolute atomic E-state index is 12.6. The molecule has 0 aromatic carbocycles. The molecule has 0 aliphatic carbocycles. The van der Waals surface area contributed by atoms with E-state index >= 15 is 0 Å². The molecule has 23 heavy (non-hydrogen) atoms. The van der Waals surface area contributed by atoms with Gasteiger partial charge in [-0.1, -0.05) is 0 Å². The summed E-state index contributed by atoms with van der Waals surface area (Å²) in [5, 5.41) is 11.5. The van der Waals surface area contributed by atoms with Crippen molar-refractivity contribution < 1.29 is 74.4 Å². The van der Waals surface area contributed by atoms with E-state index in [9.17, 15) is 18.3 Å². The Kier molecular flexibility index (Phi) is 6.49. The third-order valence-electron chi connectivity index (χ3n) is 4.66. The van der Waals surface area contributed by atoms with Crippen molar-refractivity contribution in [3.05, 3.63) is 18.1 Å². The number of hydrogen-bond donors (Lipinski definition) is 0. The van der Waals surface area contributed by atoms with Crippen LogP contribution in [0.4, 0.5) is 13.2 Å². The quantitative estimate of drug-likeness (QED) is 0.599. The van der Waals surface area contributed by atoms with Gasteiger partial charge >= 0.3 is 57.6 Å². The van der Waals surface area contributed by atoms with Crippen LogP contribution in [-0.2, 0) is 6.18 Å². The fraction of sp³-hybridized carbons (Fsp3) is 0.714. The van der Waals surface area contributed by atoms with E-state index in [1.54, 1.807) is 0 Å². The van der Waals surface area contributed by atoms with Crippen molar-refractivity contribution in [3.8, 4) is 5.88 Å². The molecule has 0 bridgehead atoms. The molecular weight excluding hydrogens is 338 g/mol. The van der Waals surface area contributed by atoms with Crippen LogP contribution in [0.1, 0.15) is 31.4 Å².